The number of anilines is 1. The van der Waals surface area contributed by atoms with Crippen LogP contribution in [0, 0.1) is 13.8 Å². The maximum atomic E-state index is 12.7. The van der Waals surface area contributed by atoms with Gasteiger partial charge in [0.25, 0.3) is 10.0 Å². The molecule has 0 unspecified atom stereocenters. The predicted octanol–water partition coefficient (Wildman–Crippen LogP) is 3.81. The van der Waals surface area contributed by atoms with Gasteiger partial charge in [-0.05, 0) is 55.3 Å². The maximum absolute atomic E-state index is 12.7. The largest absolute Gasteiger partial charge is 0.280 e. The minimum absolute atomic E-state index is 0.0946. The Morgan fingerprint density at radius 2 is 1.50 bits per heavy atom. The Morgan fingerprint density at radius 3 is 2.00 bits per heavy atom. The number of hydrogen-bond acceptors (Lipinski definition) is 4. The van der Waals surface area contributed by atoms with Gasteiger partial charge >= 0.3 is 0 Å². The maximum Gasteiger partial charge on any atom is 0.263 e. The van der Waals surface area contributed by atoms with E-state index in [4.69, 9.17) is 23.2 Å². The highest BCUT2D eigenvalue weighted by atomic mass is 35.5. The Hall–Kier alpha value is -1.28. The lowest BCUT2D eigenvalue weighted by atomic mass is 10.2. The van der Waals surface area contributed by atoms with Crippen molar-refractivity contribution in [1.29, 1.82) is 0 Å². The molecule has 0 atom stereocenters. The first-order chi connectivity index (χ1) is 10.9. The quantitative estimate of drug-likeness (QED) is 0.834. The lowest BCUT2D eigenvalue weighted by Crippen LogP contribution is -2.15. The van der Waals surface area contributed by atoms with E-state index in [1.54, 1.807) is 19.9 Å². The number of rotatable bonds is 4. The summed E-state index contributed by atoms with van der Waals surface area (Å²) in [4.78, 5) is -0.000354. The predicted molar refractivity (Wildman–Crippen MR) is 96.3 cm³/mol. The second-order valence-electron chi connectivity index (χ2n) is 5.35. The molecule has 0 radical (unpaired) electrons. The Kier molecular flexibility index (Phi) is 5.20. The van der Waals surface area contributed by atoms with Crippen LogP contribution >= 0.6 is 23.2 Å². The number of nitrogens with one attached hydrogen (secondary N) is 1. The smallest absolute Gasteiger partial charge is 0.263 e. The van der Waals surface area contributed by atoms with E-state index in [9.17, 15) is 16.8 Å². The molecule has 0 amide bonds. The van der Waals surface area contributed by atoms with Gasteiger partial charge in [0.15, 0.2) is 9.84 Å². The average molecular weight is 408 g/mol. The molecule has 0 aliphatic heterocycles. The summed E-state index contributed by atoms with van der Waals surface area (Å²) in [5.74, 6) is 0. The summed E-state index contributed by atoms with van der Waals surface area (Å²) in [5.41, 5.74) is 1.10. The summed E-state index contributed by atoms with van der Waals surface area (Å²) in [7, 11) is -7.34. The number of hydrogen-bond donors (Lipinski definition) is 1. The van der Waals surface area contributed by atoms with Crippen molar-refractivity contribution in [3.63, 3.8) is 0 Å². The fourth-order valence-electron chi connectivity index (χ4n) is 2.11. The molecule has 2 aromatic rings. The minimum atomic E-state index is -3.98. The van der Waals surface area contributed by atoms with Gasteiger partial charge < -0.3 is 0 Å². The number of halogens is 2. The number of sulfone groups is 1. The molecule has 0 saturated carbocycles. The zero-order valence-electron chi connectivity index (χ0n) is 13.1. The van der Waals surface area contributed by atoms with E-state index < -0.39 is 19.9 Å². The van der Waals surface area contributed by atoms with Crippen molar-refractivity contribution in [2.24, 2.45) is 0 Å². The standard InChI is InChI=1S/C15H15Cl2NO4S2/c1-9-8-13(16)10(2)15(14(9)17)24(21,22)18-11-4-6-12(7-5-11)23(3,19)20/h4-8,18H,1-3H3. The van der Waals surface area contributed by atoms with Crippen molar-refractivity contribution in [2.45, 2.75) is 23.6 Å². The van der Waals surface area contributed by atoms with Gasteiger partial charge in [-0.1, -0.05) is 23.2 Å². The highest BCUT2D eigenvalue weighted by Crippen LogP contribution is 2.34. The van der Waals surface area contributed by atoms with E-state index in [1.807, 2.05) is 0 Å². The average Bonchev–Trinajstić information content (AvgIpc) is 2.44. The van der Waals surface area contributed by atoms with Crippen LogP contribution < -0.4 is 4.72 Å². The van der Waals surface area contributed by atoms with Gasteiger partial charge in [-0.15, -0.1) is 0 Å². The molecule has 0 heterocycles. The molecule has 0 fully saturated rings. The highest BCUT2D eigenvalue weighted by molar-refractivity contribution is 7.93. The lowest BCUT2D eigenvalue weighted by Gasteiger charge is -2.15. The van der Waals surface area contributed by atoms with Crippen molar-refractivity contribution >= 4 is 48.7 Å². The second-order valence-corrected chi connectivity index (χ2v) is 9.77. The van der Waals surface area contributed by atoms with Gasteiger partial charge in [0.05, 0.1) is 9.92 Å². The molecule has 2 aromatic carbocycles. The molecule has 9 heteroatoms. The monoisotopic (exact) mass is 407 g/mol. The van der Waals surface area contributed by atoms with Crippen LogP contribution in [-0.4, -0.2) is 23.1 Å². The Labute approximate surface area is 151 Å². The molecule has 0 saturated heterocycles. The van der Waals surface area contributed by atoms with E-state index in [0.29, 0.717) is 16.1 Å². The number of sulfonamides is 1. The zero-order valence-corrected chi connectivity index (χ0v) is 16.2. The van der Waals surface area contributed by atoms with Crippen LogP contribution in [0.3, 0.4) is 0 Å². The first-order valence-corrected chi connectivity index (χ1v) is 10.8. The van der Waals surface area contributed by atoms with Crippen molar-refractivity contribution in [3.8, 4) is 0 Å². The van der Waals surface area contributed by atoms with Crippen LogP contribution in [0.15, 0.2) is 40.1 Å². The van der Waals surface area contributed by atoms with E-state index in [0.717, 1.165) is 6.26 Å². The molecule has 130 valence electrons. The van der Waals surface area contributed by atoms with Crippen LogP contribution in [0.5, 0.6) is 0 Å². The van der Waals surface area contributed by atoms with Gasteiger partial charge in [-0.2, -0.15) is 0 Å². The van der Waals surface area contributed by atoms with E-state index in [1.165, 1.54) is 24.3 Å². The first kappa shape index (κ1) is 19.1. The van der Waals surface area contributed by atoms with Crippen molar-refractivity contribution in [2.75, 3.05) is 11.0 Å². The number of benzene rings is 2. The van der Waals surface area contributed by atoms with Crippen LogP contribution in [0.25, 0.3) is 0 Å². The van der Waals surface area contributed by atoms with Crippen molar-refractivity contribution in [1.82, 2.24) is 0 Å². The lowest BCUT2D eigenvalue weighted by molar-refractivity contribution is 0.600. The van der Waals surface area contributed by atoms with Crippen LogP contribution in [0.2, 0.25) is 10.0 Å². The first-order valence-electron chi connectivity index (χ1n) is 6.71. The second kappa shape index (κ2) is 6.55. The fourth-order valence-corrected chi connectivity index (χ4v) is 5.01. The molecule has 1 N–H and O–H groups in total. The Balaban J connectivity index is 2.47. The third-order valence-corrected chi connectivity index (χ3v) is 7.06. The summed E-state index contributed by atoms with van der Waals surface area (Å²) < 4.78 is 50.6. The third-order valence-electron chi connectivity index (χ3n) is 3.39. The molecule has 0 aromatic heterocycles. The molecular formula is C15H15Cl2NO4S2. The Morgan fingerprint density at radius 1 is 0.958 bits per heavy atom. The minimum Gasteiger partial charge on any atom is -0.280 e. The summed E-state index contributed by atoms with van der Waals surface area (Å²) in [5, 5.41) is 0.391. The summed E-state index contributed by atoms with van der Waals surface area (Å²) in [6, 6.07) is 6.98. The highest BCUT2D eigenvalue weighted by Gasteiger charge is 2.24. The molecule has 24 heavy (non-hydrogen) atoms. The molecule has 5 nitrogen and oxygen atoms in total. The summed E-state index contributed by atoms with van der Waals surface area (Å²) in [6.45, 7) is 3.22. The topological polar surface area (TPSA) is 80.3 Å². The fraction of sp³-hybridized carbons (Fsp3) is 0.200. The van der Waals surface area contributed by atoms with Crippen LogP contribution in [0.1, 0.15) is 11.1 Å². The van der Waals surface area contributed by atoms with Crippen LogP contribution in [0.4, 0.5) is 5.69 Å². The van der Waals surface area contributed by atoms with Gasteiger partial charge in [-0.3, -0.25) is 4.72 Å². The van der Waals surface area contributed by atoms with Crippen molar-refractivity contribution < 1.29 is 16.8 Å². The van der Waals surface area contributed by atoms with Gasteiger partial charge in [-0.25, -0.2) is 16.8 Å². The normalized spacial score (nSPS) is 12.2. The van der Waals surface area contributed by atoms with Gasteiger partial charge in [0.2, 0.25) is 0 Å². The summed E-state index contributed by atoms with van der Waals surface area (Å²) in [6.07, 6.45) is 1.07. The third kappa shape index (κ3) is 3.85. The molecule has 0 spiro atoms. The molecule has 0 aliphatic carbocycles. The summed E-state index contributed by atoms with van der Waals surface area (Å²) >= 11 is 12.2. The van der Waals surface area contributed by atoms with E-state index >= 15 is 0 Å². The van der Waals surface area contributed by atoms with Gasteiger partial charge in [0, 0.05) is 17.0 Å². The molecule has 0 bridgehead atoms. The molecule has 2 rings (SSSR count). The zero-order chi connectivity index (χ0) is 18.3. The number of aryl methyl sites for hydroxylation is 1. The van der Waals surface area contributed by atoms with Crippen molar-refractivity contribution in [3.05, 3.63) is 51.5 Å². The molecule has 0 aliphatic rings. The van der Waals surface area contributed by atoms with Gasteiger partial charge in [0.1, 0.15) is 4.90 Å². The van der Waals surface area contributed by atoms with E-state index in [-0.39, 0.29) is 20.5 Å². The van der Waals surface area contributed by atoms with E-state index in [2.05, 4.69) is 4.72 Å². The Bertz CT molecular complexity index is 973. The SMILES string of the molecule is Cc1cc(Cl)c(C)c(S(=O)(=O)Nc2ccc(S(C)(=O)=O)cc2)c1Cl. The van der Waals surface area contributed by atoms with Crippen LogP contribution in [-0.2, 0) is 19.9 Å². The molecular weight excluding hydrogens is 393 g/mol.